The quantitative estimate of drug-likeness (QED) is 0.563. The molecule has 0 aliphatic carbocycles. The van der Waals surface area contributed by atoms with Gasteiger partial charge in [-0.2, -0.15) is 0 Å². The molecule has 2 nitrogen and oxygen atoms in total. The van der Waals surface area contributed by atoms with Gasteiger partial charge in [-0.1, -0.05) is 51.9 Å². The second-order valence-electron chi connectivity index (χ2n) is 4.13. The van der Waals surface area contributed by atoms with Gasteiger partial charge in [0.15, 0.2) is 0 Å². The van der Waals surface area contributed by atoms with Crippen molar-refractivity contribution < 1.29 is 0 Å². The summed E-state index contributed by atoms with van der Waals surface area (Å²) in [7, 11) is 0. The number of unbranched alkanes of at least 4 members (excludes halogenated alkanes) is 7. The van der Waals surface area contributed by atoms with E-state index in [0.717, 1.165) is 13.0 Å². The molecule has 15 heavy (non-hydrogen) atoms. The highest BCUT2D eigenvalue weighted by atomic mass is 15.0. The summed E-state index contributed by atoms with van der Waals surface area (Å²) in [4.78, 5) is 4.03. The van der Waals surface area contributed by atoms with E-state index in [4.69, 9.17) is 0 Å². The molecule has 1 aromatic heterocycles. The van der Waals surface area contributed by atoms with Crippen molar-refractivity contribution in [2.75, 3.05) is 0 Å². The predicted molar refractivity (Wildman–Crippen MR) is 64.5 cm³/mol. The lowest BCUT2D eigenvalue weighted by molar-refractivity contribution is 0.546. The van der Waals surface area contributed by atoms with E-state index >= 15 is 0 Å². The zero-order valence-electron chi connectivity index (χ0n) is 9.70. The lowest BCUT2D eigenvalue weighted by Crippen LogP contribution is -1.93. The van der Waals surface area contributed by atoms with Gasteiger partial charge in [0, 0.05) is 18.9 Å². The van der Waals surface area contributed by atoms with Gasteiger partial charge in [-0.05, 0) is 6.42 Å². The Morgan fingerprint density at radius 1 is 0.933 bits per heavy atom. The number of nitrogens with zero attached hydrogens (tertiary/aromatic N) is 2. The van der Waals surface area contributed by atoms with Crippen molar-refractivity contribution >= 4 is 0 Å². The molecular formula is C13H23N2. The number of hydrogen-bond acceptors (Lipinski definition) is 1. The molecule has 0 aromatic carbocycles. The SMILES string of the molecule is [CH2]CCCCCCCCCn1ccnc1. The first-order valence-corrected chi connectivity index (χ1v) is 6.18. The van der Waals surface area contributed by atoms with Crippen LogP contribution in [0.3, 0.4) is 0 Å². The second-order valence-corrected chi connectivity index (χ2v) is 4.13. The van der Waals surface area contributed by atoms with Crippen LogP contribution in [0.25, 0.3) is 0 Å². The summed E-state index contributed by atoms with van der Waals surface area (Å²) < 4.78 is 2.16. The molecule has 0 unspecified atom stereocenters. The number of aromatic nitrogens is 2. The molecule has 0 N–H and O–H groups in total. The van der Waals surface area contributed by atoms with Crippen LogP contribution in [-0.2, 0) is 6.54 Å². The van der Waals surface area contributed by atoms with Gasteiger partial charge in [-0.3, -0.25) is 0 Å². The summed E-state index contributed by atoms with van der Waals surface area (Å²) >= 11 is 0. The molecule has 1 heterocycles. The van der Waals surface area contributed by atoms with Gasteiger partial charge >= 0.3 is 0 Å². The molecule has 0 saturated carbocycles. The molecule has 1 rings (SSSR count). The monoisotopic (exact) mass is 207 g/mol. The van der Waals surface area contributed by atoms with Crippen LogP contribution in [0.2, 0.25) is 0 Å². The lowest BCUT2D eigenvalue weighted by Gasteiger charge is -2.02. The van der Waals surface area contributed by atoms with Gasteiger partial charge in [0.1, 0.15) is 0 Å². The smallest absolute Gasteiger partial charge is 0.0945 e. The summed E-state index contributed by atoms with van der Waals surface area (Å²) in [5.74, 6) is 0. The summed E-state index contributed by atoms with van der Waals surface area (Å²) in [5, 5.41) is 0. The number of hydrogen-bond donors (Lipinski definition) is 0. The number of imidazole rings is 1. The molecule has 1 radical (unpaired) electrons. The topological polar surface area (TPSA) is 17.8 Å². The molecule has 0 bridgehead atoms. The molecule has 0 aliphatic heterocycles. The molecular weight excluding hydrogens is 184 g/mol. The van der Waals surface area contributed by atoms with Crippen LogP contribution in [-0.4, -0.2) is 9.55 Å². The summed E-state index contributed by atoms with van der Waals surface area (Å²) in [6, 6.07) is 0. The minimum atomic E-state index is 1.10. The Balaban J connectivity index is 1.81. The Kier molecular flexibility index (Phi) is 6.97. The number of aryl methyl sites for hydroxylation is 1. The average molecular weight is 207 g/mol. The molecule has 0 saturated heterocycles. The van der Waals surface area contributed by atoms with Crippen molar-refractivity contribution in [1.82, 2.24) is 9.55 Å². The zero-order chi connectivity index (χ0) is 10.8. The Morgan fingerprint density at radius 2 is 1.60 bits per heavy atom. The molecule has 1 aromatic rings. The molecule has 0 aliphatic rings. The van der Waals surface area contributed by atoms with Crippen molar-refractivity contribution in [2.24, 2.45) is 0 Å². The summed E-state index contributed by atoms with van der Waals surface area (Å²) in [6.45, 7) is 4.98. The molecule has 0 fully saturated rings. The van der Waals surface area contributed by atoms with Crippen molar-refractivity contribution in [3.05, 3.63) is 25.6 Å². The maximum atomic E-state index is 4.03. The van der Waals surface area contributed by atoms with Crippen LogP contribution in [0, 0.1) is 6.92 Å². The number of rotatable bonds is 9. The van der Waals surface area contributed by atoms with Gasteiger partial charge in [0.05, 0.1) is 6.33 Å². The fourth-order valence-electron chi connectivity index (χ4n) is 1.77. The van der Waals surface area contributed by atoms with E-state index in [2.05, 4.69) is 16.5 Å². The van der Waals surface area contributed by atoms with Gasteiger partial charge in [0.2, 0.25) is 0 Å². The first-order valence-electron chi connectivity index (χ1n) is 6.18. The van der Waals surface area contributed by atoms with Crippen LogP contribution in [0.1, 0.15) is 51.4 Å². The zero-order valence-corrected chi connectivity index (χ0v) is 9.70. The maximum absolute atomic E-state index is 4.03. The van der Waals surface area contributed by atoms with Crippen molar-refractivity contribution in [1.29, 1.82) is 0 Å². The highest BCUT2D eigenvalue weighted by molar-refractivity contribution is 4.73. The van der Waals surface area contributed by atoms with Gasteiger partial charge < -0.3 is 4.57 Å². The maximum Gasteiger partial charge on any atom is 0.0945 e. The first kappa shape index (κ1) is 12.3. The van der Waals surface area contributed by atoms with E-state index in [9.17, 15) is 0 Å². The van der Waals surface area contributed by atoms with E-state index in [-0.39, 0.29) is 0 Å². The Bertz CT molecular complexity index is 216. The Hall–Kier alpha value is -0.790. The van der Waals surface area contributed by atoms with E-state index in [1.165, 1.54) is 44.9 Å². The van der Waals surface area contributed by atoms with Crippen LogP contribution < -0.4 is 0 Å². The predicted octanol–water partition coefficient (Wildman–Crippen LogP) is 3.84. The molecule has 85 valence electrons. The van der Waals surface area contributed by atoms with E-state index in [1.807, 2.05) is 18.7 Å². The largest absolute Gasteiger partial charge is 0.337 e. The average Bonchev–Trinajstić information content (AvgIpc) is 2.75. The van der Waals surface area contributed by atoms with Crippen LogP contribution in [0.5, 0.6) is 0 Å². The highest BCUT2D eigenvalue weighted by Gasteiger charge is 1.92. The van der Waals surface area contributed by atoms with Crippen LogP contribution in [0.15, 0.2) is 18.7 Å². The van der Waals surface area contributed by atoms with E-state index in [1.54, 1.807) is 0 Å². The Morgan fingerprint density at radius 3 is 2.20 bits per heavy atom. The molecule has 0 amide bonds. The van der Waals surface area contributed by atoms with Gasteiger partial charge in [-0.15, -0.1) is 0 Å². The lowest BCUT2D eigenvalue weighted by atomic mass is 10.1. The van der Waals surface area contributed by atoms with Gasteiger partial charge in [-0.25, -0.2) is 4.98 Å². The fraction of sp³-hybridized carbons (Fsp3) is 0.692. The normalized spacial score (nSPS) is 10.7. The second kappa shape index (κ2) is 8.51. The highest BCUT2D eigenvalue weighted by Crippen LogP contribution is 2.08. The Labute approximate surface area is 93.7 Å². The van der Waals surface area contributed by atoms with Crippen LogP contribution >= 0.6 is 0 Å². The van der Waals surface area contributed by atoms with Gasteiger partial charge in [0.25, 0.3) is 0 Å². The third-order valence-corrected chi connectivity index (χ3v) is 2.73. The van der Waals surface area contributed by atoms with Crippen molar-refractivity contribution in [2.45, 2.75) is 57.9 Å². The standard InChI is InChI=1S/C13H23N2/c1-2-3-4-5-6-7-8-9-11-15-12-10-14-13-15/h10,12-13H,1-9,11H2. The third kappa shape index (κ3) is 6.32. The molecule has 0 atom stereocenters. The first-order chi connectivity index (χ1) is 7.43. The third-order valence-electron chi connectivity index (χ3n) is 2.73. The summed E-state index contributed by atoms with van der Waals surface area (Å²) in [5.41, 5.74) is 0. The van der Waals surface area contributed by atoms with E-state index in [0.29, 0.717) is 0 Å². The van der Waals surface area contributed by atoms with E-state index < -0.39 is 0 Å². The minimum Gasteiger partial charge on any atom is -0.337 e. The van der Waals surface area contributed by atoms with Crippen LogP contribution in [0.4, 0.5) is 0 Å². The van der Waals surface area contributed by atoms with Crippen molar-refractivity contribution in [3.8, 4) is 0 Å². The van der Waals surface area contributed by atoms with Crippen molar-refractivity contribution in [3.63, 3.8) is 0 Å². The molecule has 2 heteroatoms. The fourth-order valence-corrected chi connectivity index (χ4v) is 1.77. The molecule has 0 spiro atoms. The minimum absolute atomic E-state index is 1.10. The summed E-state index contributed by atoms with van der Waals surface area (Å²) in [6.07, 6.45) is 16.3.